The molecular weight excluding hydrogens is 390 g/mol. The number of methoxy groups -OCH3 is 1. The van der Waals surface area contributed by atoms with E-state index in [0.717, 1.165) is 16.9 Å². The van der Waals surface area contributed by atoms with E-state index in [9.17, 15) is 9.59 Å². The third-order valence-corrected chi connectivity index (χ3v) is 5.08. The molecule has 9 heteroatoms. The number of urea groups is 1. The zero-order valence-corrected chi connectivity index (χ0v) is 16.9. The molecule has 29 heavy (non-hydrogen) atoms. The Bertz CT molecular complexity index is 974. The maximum absolute atomic E-state index is 12.0. The van der Waals surface area contributed by atoms with Crippen LogP contribution in [0.15, 0.2) is 59.8 Å². The number of aromatic nitrogens is 3. The average molecular weight is 411 g/mol. The highest BCUT2D eigenvalue weighted by Gasteiger charge is 2.14. The van der Waals surface area contributed by atoms with E-state index in [2.05, 4.69) is 20.8 Å². The fourth-order valence-electron chi connectivity index (χ4n) is 2.55. The van der Waals surface area contributed by atoms with Crippen LogP contribution in [-0.4, -0.2) is 39.6 Å². The Morgan fingerprint density at radius 3 is 2.48 bits per heavy atom. The Morgan fingerprint density at radius 1 is 1.07 bits per heavy atom. The second-order valence-electron chi connectivity index (χ2n) is 6.10. The number of hydrogen-bond acceptors (Lipinski definition) is 6. The monoisotopic (exact) mass is 411 g/mol. The third kappa shape index (κ3) is 5.58. The number of rotatable bonds is 7. The van der Waals surface area contributed by atoms with Crippen LogP contribution in [0.2, 0.25) is 0 Å². The smallest absolute Gasteiger partial charge is 0.321 e. The van der Waals surface area contributed by atoms with E-state index in [1.54, 1.807) is 11.7 Å². The summed E-state index contributed by atoms with van der Waals surface area (Å²) < 4.78 is 6.96. The largest absolute Gasteiger partial charge is 0.497 e. The fraction of sp³-hybridized carbons (Fsp3) is 0.200. The first-order valence-electron chi connectivity index (χ1n) is 8.85. The summed E-state index contributed by atoms with van der Waals surface area (Å²) in [6, 6.07) is 16.4. The molecule has 0 bridgehead atoms. The Hall–Kier alpha value is -3.33. The minimum absolute atomic E-state index is 0.0490. The van der Waals surface area contributed by atoms with Crippen molar-refractivity contribution in [2.75, 3.05) is 12.9 Å². The van der Waals surface area contributed by atoms with Gasteiger partial charge in [-0.25, -0.2) is 4.79 Å². The molecule has 0 unspecified atom stereocenters. The van der Waals surface area contributed by atoms with E-state index >= 15 is 0 Å². The van der Waals surface area contributed by atoms with Gasteiger partial charge >= 0.3 is 6.03 Å². The molecule has 0 saturated carbocycles. The van der Waals surface area contributed by atoms with Crippen molar-refractivity contribution in [3.63, 3.8) is 0 Å². The molecule has 1 heterocycles. The second-order valence-corrected chi connectivity index (χ2v) is 7.04. The summed E-state index contributed by atoms with van der Waals surface area (Å²) >= 11 is 1.21. The highest BCUT2D eigenvalue weighted by Crippen LogP contribution is 2.24. The summed E-state index contributed by atoms with van der Waals surface area (Å²) in [6.07, 6.45) is 0. The molecule has 0 saturated heterocycles. The van der Waals surface area contributed by atoms with Gasteiger partial charge in [-0.2, -0.15) is 0 Å². The quantitative estimate of drug-likeness (QED) is 0.580. The zero-order valence-electron chi connectivity index (χ0n) is 16.1. The Labute approximate surface area is 172 Å². The van der Waals surface area contributed by atoms with Crippen LogP contribution in [0.3, 0.4) is 0 Å². The zero-order chi connectivity index (χ0) is 20.6. The molecule has 150 valence electrons. The molecule has 1 aromatic heterocycles. The number of imide groups is 1. The minimum atomic E-state index is -0.531. The normalized spacial score (nSPS) is 10.4. The number of ether oxygens (including phenoxy) is 1. The number of hydrogen-bond donors (Lipinski definition) is 2. The van der Waals surface area contributed by atoms with Crippen LogP contribution >= 0.6 is 11.8 Å². The summed E-state index contributed by atoms with van der Waals surface area (Å²) in [5.74, 6) is 1.08. The van der Waals surface area contributed by atoms with E-state index in [1.165, 1.54) is 11.8 Å². The van der Waals surface area contributed by atoms with Crippen LogP contribution in [0.5, 0.6) is 5.75 Å². The molecule has 2 aromatic carbocycles. The molecular formula is C20H21N5O3S. The van der Waals surface area contributed by atoms with Gasteiger partial charge in [0.05, 0.1) is 12.9 Å². The number of carbonyl (C=O) groups excluding carboxylic acids is 2. The molecule has 3 aromatic rings. The van der Waals surface area contributed by atoms with Gasteiger partial charge in [0.1, 0.15) is 5.75 Å². The lowest BCUT2D eigenvalue weighted by Crippen LogP contribution is -2.39. The molecule has 0 spiro atoms. The van der Waals surface area contributed by atoms with Crippen molar-refractivity contribution >= 4 is 23.7 Å². The van der Waals surface area contributed by atoms with Gasteiger partial charge in [-0.1, -0.05) is 42.1 Å². The lowest BCUT2D eigenvalue weighted by Gasteiger charge is -2.07. The van der Waals surface area contributed by atoms with E-state index in [4.69, 9.17) is 4.74 Å². The van der Waals surface area contributed by atoms with Crippen LogP contribution in [0.4, 0.5) is 4.79 Å². The lowest BCUT2D eigenvalue weighted by molar-refractivity contribution is -0.117. The summed E-state index contributed by atoms with van der Waals surface area (Å²) in [4.78, 5) is 23.9. The third-order valence-electron chi connectivity index (χ3n) is 4.06. The highest BCUT2D eigenvalue weighted by molar-refractivity contribution is 7.99. The molecule has 8 nitrogen and oxygen atoms in total. The first-order chi connectivity index (χ1) is 14.1. The fourth-order valence-corrected chi connectivity index (χ4v) is 3.26. The summed E-state index contributed by atoms with van der Waals surface area (Å²) in [7, 11) is 3.44. The molecule has 2 N–H and O–H groups in total. The van der Waals surface area contributed by atoms with Crippen molar-refractivity contribution in [3.8, 4) is 17.1 Å². The van der Waals surface area contributed by atoms with Gasteiger partial charge in [0.2, 0.25) is 5.91 Å². The van der Waals surface area contributed by atoms with Gasteiger partial charge in [0, 0.05) is 19.2 Å². The van der Waals surface area contributed by atoms with Crippen LogP contribution in [-0.2, 0) is 18.4 Å². The van der Waals surface area contributed by atoms with Crippen molar-refractivity contribution < 1.29 is 14.3 Å². The van der Waals surface area contributed by atoms with Gasteiger partial charge in [0.25, 0.3) is 0 Å². The number of nitrogens with one attached hydrogen (secondary N) is 2. The standard InChI is InChI=1S/C20H21N5O3S/c1-25-18(15-8-10-16(28-2)11-9-15)23-24-20(25)29-13-17(26)22-19(27)21-12-14-6-4-3-5-7-14/h3-11H,12-13H2,1-2H3,(H2,21,22,26,27). The Morgan fingerprint density at radius 2 is 1.79 bits per heavy atom. The Balaban J connectivity index is 1.50. The van der Waals surface area contributed by atoms with Crippen molar-refractivity contribution in [1.82, 2.24) is 25.4 Å². The molecule has 0 aliphatic heterocycles. The summed E-state index contributed by atoms with van der Waals surface area (Å²) in [6.45, 7) is 0.349. The molecule has 0 fully saturated rings. The number of nitrogens with zero attached hydrogens (tertiary/aromatic N) is 3. The van der Waals surface area contributed by atoms with Crippen LogP contribution in [0, 0.1) is 0 Å². The van der Waals surface area contributed by atoms with Crippen molar-refractivity contribution in [2.24, 2.45) is 7.05 Å². The summed E-state index contributed by atoms with van der Waals surface area (Å²) in [5, 5.41) is 13.8. The van der Waals surface area contributed by atoms with Crippen molar-refractivity contribution in [3.05, 3.63) is 60.2 Å². The highest BCUT2D eigenvalue weighted by atomic mass is 32.2. The second kappa shape index (κ2) is 9.74. The van der Waals surface area contributed by atoms with Gasteiger partial charge in [-0.3, -0.25) is 10.1 Å². The number of carbonyl (C=O) groups is 2. The first-order valence-corrected chi connectivity index (χ1v) is 9.83. The first kappa shape index (κ1) is 20.4. The van der Waals surface area contributed by atoms with Crippen LogP contribution < -0.4 is 15.4 Å². The van der Waals surface area contributed by atoms with Gasteiger partial charge in [0.15, 0.2) is 11.0 Å². The topological polar surface area (TPSA) is 98.1 Å². The van der Waals surface area contributed by atoms with E-state index in [-0.39, 0.29) is 5.75 Å². The Kier molecular flexibility index (Phi) is 6.85. The van der Waals surface area contributed by atoms with E-state index in [0.29, 0.717) is 17.5 Å². The molecule has 0 radical (unpaired) electrons. The van der Waals surface area contributed by atoms with Gasteiger partial charge < -0.3 is 14.6 Å². The van der Waals surface area contributed by atoms with E-state index < -0.39 is 11.9 Å². The van der Waals surface area contributed by atoms with E-state index in [1.807, 2.05) is 61.6 Å². The number of thioether (sulfide) groups is 1. The van der Waals surface area contributed by atoms with Crippen molar-refractivity contribution in [1.29, 1.82) is 0 Å². The molecule has 0 aliphatic rings. The maximum Gasteiger partial charge on any atom is 0.321 e. The van der Waals surface area contributed by atoms with Crippen LogP contribution in [0.25, 0.3) is 11.4 Å². The predicted octanol–water partition coefficient (Wildman–Crippen LogP) is 2.61. The number of amides is 3. The average Bonchev–Trinajstić information content (AvgIpc) is 3.12. The lowest BCUT2D eigenvalue weighted by atomic mass is 10.2. The minimum Gasteiger partial charge on any atom is -0.497 e. The molecule has 3 amide bonds. The summed E-state index contributed by atoms with van der Waals surface area (Å²) in [5.41, 5.74) is 1.84. The van der Waals surface area contributed by atoms with Gasteiger partial charge in [-0.05, 0) is 29.8 Å². The predicted molar refractivity (Wildman–Crippen MR) is 111 cm³/mol. The maximum atomic E-state index is 12.0. The molecule has 0 atom stereocenters. The molecule has 3 rings (SSSR count). The van der Waals surface area contributed by atoms with Crippen LogP contribution in [0.1, 0.15) is 5.56 Å². The SMILES string of the molecule is COc1ccc(-c2nnc(SCC(=O)NC(=O)NCc3ccccc3)n2C)cc1. The number of benzene rings is 2. The van der Waals surface area contributed by atoms with Gasteiger partial charge in [-0.15, -0.1) is 10.2 Å². The van der Waals surface area contributed by atoms with Crippen molar-refractivity contribution in [2.45, 2.75) is 11.7 Å². The molecule has 0 aliphatic carbocycles.